The van der Waals surface area contributed by atoms with Crippen molar-refractivity contribution in [3.8, 4) is 33.4 Å². The van der Waals surface area contributed by atoms with E-state index in [1.807, 2.05) is 0 Å². The van der Waals surface area contributed by atoms with Crippen molar-refractivity contribution in [2.75, 3.05) is 0 Å². The molecule has 0 N–H and O–H groups in total. The second-order valence-corrected chi connectivity index (χ2v) is 20.4. The van der Waals surface area contributed by atoms with Gasteiger partial charge in [-0.05, 0) is 164 Å². The van der Waals surface area contributed by atoms with Gasteiger partial charge in [0, 0.05) is 0 Å². The van der Waals surface area contributed by atoms with Gasteiger partial charge in [0.25, 0.3) is 0 Å². The molecule has 0 radical (unpaired) electrons. The summed E-state index contributed by atoms with van der Waals surface area (Å²) < 4.78 is 0. The van der Waals surface area contributed by atoms with Gasteiger partial charge in [0.05, 0.1) is 0 Å². The third-order valence-corrected chi connectivity index (χ3v) is 14.6. The molecule has 0 aliphatic rings. The van der Waals surface area contributed by atoms with Crippen LogP contribution in [0.4, 0.5) is 0 Å². The van der Waals surface area contributed by atoms with Crippen LogP contribution >= 0.6 is 0 Å². The molecule has 13 rings (SSSR count). The fraction of sp³-hybridized carbons (Fsp3) is 0.125. The fourth-order valence-electron chi connectivity index (χ4n) is 11.6. The molecule has 304 valence electrons. The Morgan fingerprint density at radius 3 is 1.55 bits per heavy atom. The van der Waals surface area contributed by atoms with Crippen molar-refractivity contribution in [3.05, 3.63) is 193 Å². The average molecular weight is 817 g/mol. The summed E-state index contributed by atoms with van der Waals surface area (Å²) in [4.78, 5) is 0. The number of benzene rings is 11. The quantitative estimate of drug-likeness (QED) is 0.156. The van der Waals surface area contributed by atoms with E-state index < -0.39 is 0 Å². The normalized spacial score (nSPS) is 12.8. The summed E-state index contributed by atoms with van der Waals surface area (Å²) in [5.41, 5.74) is 10.5. The summed E-state index contributed by atoms with van der Waals surface area (Å²) in [6.45, 7) is 14.0. The van der Waals surface area contributed by atoms with Gasteiger partial charge in [0.2, 0.25) is 0 Å². The Bertz CT molecular complexity index is 4050. The highest BCUT2D eigenvalue weighted by atomic mass is 14.3. The van der Waals surface area contributed by atoms with Crippen molar-refractivity contribution >= 4 is 97.0 Å². The highest BCUT2D eigenvalue weighted by molar-refractivity contribution is 6.45. The molecular formula is C64H48. The van der Waals surface area contributed by atoms with Gasteiger partial charge in [-0.3, -0.25) is 0 Å². The molecule has 0 aromatic heterocycles. The van der Waals surface area contributed by atoms with Crippen LogP contribution in [0.25, 0.3) is 130 Å². The molecule has 0 atom stereocenters. The van der Waals surface area contributed by atoms with Gasteiger partial charge >= 0.3 is 0 Å². The minimum Gasteiger partial charge on any atom is -0.0622 e. The van der Waals surface area contributed by atoms with E-state index in [2.05, 4.69) is 224 Å². The van der Waals surface area contributed by atoms with E-state index in [0.29, 0.717) is 0 Å². The minimum atomic E-state index is -0.0194. The van der Waals surface area contributed by atoms with Crippen LogP contribution in [0, 0.1) is 0 Å². The zero-order valence-corrected chi connectivity index (χ0v) is 37.3. The topological polar surface area (TPSA) is 0 Å². The van der Waals surface area contributed by atoms with E-state index in [-0.39, 0.29) is 10.8 Å². The molecule has 0 aliphatic carbocycles. The molecule has 0 fully saturated rings. The van der Waals surface area contributed by atoms with Gasteiger partial charge in [0.15, 0.2) is 0 Å². The third kappa shape index (κ3) is 5.17. The summed E-state index contributed by atoms with van der Waals surface area (Å²) in [7, 11) is 0. The van der Waals surface area contributed by atoms with Crippen LogP contribution in [0.3, 0.4) is 0 Å². The van der Waals surface area contributed by atoms with Crippen molar-refractivity contribution in [2.45, 2.75) is 52.4 Å². The van der Waals surface area contributed by atoms with Gasteiger partial charge in [-0.15, -0.1) is 0 Å². The van der Waals surface area contributed by atoms with Gasteiger partial charge in [-0.25, -0.2) is 0 Å². The van der Waals surface area contributed by atoms with E-state index in [0.717, 1.165) is 0 Å². The lowest BCUT2D eigenvalue weighted by molar-refractivity contribution is 0.589. The molecule has 64 heavy (non-hydrogen) atoms. The maximum absolute atomic E-state index is 2.56. The first-order valence-corrected chi connectivity index (χ1v) is 22.9. The minimum absolute atomic E-state index is 0.0194. The van der Waals surface area contributed by atoms with Crippen LogP contribution in [0.2, 0.25) is 0 Å². The Morgan fingerprint density at radius 1 is 0.250 bits per heavy atom. The lowest BCUT2D eigenvalue weighted by atomic mass is 9.80. The average Bonchev–Trinajstić information content (AvgIpc) is 3.81. The maximum Gasteiger partial charge on any atom is -0.000718 e. The standard InChI is InChI=1S/C64H48/c1-63(2,3)40-29-30-43-39(33-40)34-41(64(4,5)6)35-53(43)46-31-32-52-57-49(46)26-16-28-51(57)62-59(47-24-14-20-37-17-10-11-21-42(37)47)55-36-54-45-23-13-12-22-44(45)48-25-15-27-50(58(48)54)60(55)56(61(52)62)38-18-8-7-9-19-38/h7-36H,1-6H3. The zero-order chi connectivity index (χ0) is 43.2. The van der Waals surface area contributed by atoms with Crippen molar-refractivity contribution in [1.29, 1.82) is 0 Å². The van der Waals surface area contributed by atoms with Crippen LogP contribution < -0.4 is 0 Å². The smallest absolute Gasteiger partial charge is 0.000718 e. The number of hydrogen-bond acceptors (Lipinski definition) is 0. The SMILES string of the molecule is CC(C)(C)c1ccc2c(-c3ccc4c5c(-c6ccccc6)c6c(cc7c8ccccc8c8cccc6c87)c(-c6cccc7ccccc67)c5c5cccc3c54)cc(C(C)(C)C)cc2c1. The number of hydrogen-bond donors (Lipinski definition) is 0. The summed E-state index contributed by atoms with van der Waals surface area (Å²) in [5, 5.41) is 23.6. The molecule has 0 unspecified atom stereocenters. The summed E-state index contributed by atoms with van der Waals surface area (Å²) in [6.07, 6.45) is 0. The number of fused-ring (bicyclic) bond motifs is 10. The van der Waals surface area contributed by atoms with E-state index in [4.69, 9.17) is 0 Å². The van der Waals surface area contributed by atoms with Crippen molar-refractivity contribution in [1.82, 2.24) is 0 Å². The predicted octanol–water partition coefficient (Wildman–Crippen LogP) is 18.5. The molecule has 13 aromatic rings. The Labute approximate surface area is 374 Å². The van der Waals surface area contributed by atoms with Crippen LogP contribution in [0.15, 0.2) is 182 Å². The Morgan fingerprint density at radius 2 is 0.781 bits per heavy atom. The third-order valence-electron chi connectivity index (χ3n) is 14.6. The van der Waals surface area contributed by atoms with Crippen LogP contribution in [0.1, 0.15) is 52.7 Å². The second kappa shape index (κ2) is 13.1. The molecule has 0 saturated heterocycles. The van der Waals surface area contributed by atoms with E-state index in [1.165, 1.54) is 141 Å². The van der Waals surface area contributed by atoms with Crippen LogP contribution in [-0.4, -0.2) is 0 Å². The molecule has 0 spiro atoms. The van der Waals surface area contributed by atoms with Gasteiger partial charge in [-0.2, -0.15) is 0 Å². The van der Waals surface area contributed by atoms with Gasteiger partial charge < -0.3 is 0 Å². The molecule has 0 amide bonds. The largest absolute Gasteiger partial charge is 0.0622 e. The molecule has 0 bridgehead atoms. The van der Waals surface area contributed by atoms with Crippen molar-refractivity contribution in [2.24, 2.45) is 0 Å². The van der Waals surface area contributed by atoms with E-state index >= 15 is 0 Å². The van der Waals surface area contributed by atoms with E-state index in [1.54, 1.807) is 0 Å². The maximum atomic E-state index is 2.56. The summed E-state index contributed by atoms with van der Waals surface area (Å²) in [6, 6.07) is 69.7. The Hall–Kier alpha value is -7.28. The highest BCUT2D eigenvalue weighted by Gasteiger charge is 2.28. The lowest BCUT2D eigenvalue weighted by Crippen LogP contribution is -2.12. The first kappa shape index (κ1) is 37.3. The molecular weight excluding hydrogens is 769 g/mol. The van der Waals surface area contributed by atoms with Gasteiger partial charge in [-0.1, -0.05) is 211 Å². The highest BCUT2D eigenvalue weighted by Crippen LogP contribution is 2.56. The second-order valence-electron chi connectivity index (χ2n) is 20.4. The molecule has 0 heteroatoms. The Kier molecular flexibility index (Phi) is 7.65. The van der Waals surface area contributed by atoms with Crippen LogP contribution in [-0.2, 0) is 10.8 Å². The first-order valence-electron chi connectivity index (χ1n) is 22.9. The number of rotatable bonds is 3. The lowest BCUT2D eigenvalue weighted by Gasteiger charge is -2.24. The van der Waals surface area contributed by atoms with Crippen LogP contribution in [0.5, 0.6) is 0 Å². The molecule has 13 aromatic carbocycles. The molecule has 0 saturated carbocycles. The monoisotopic (exact) mass is 816 g/mol. The van der Waals surface area contributed by atoms with E-state index in [9.17, 15) is 0 Å². The summed E-state index contributed by atoms with van der Waals surface area (Å²) in [5.74, 6) is 0. The molecule has 0 aliphatic heterocycles. The molecule has 0 nitrogen and oxygen atoms in total. The van der Waals surface area contributed by atoms with Crippen molar-refractivity contribution < 1.29 is 0 Å². The zero-order valence-electron chi connectivity index (χ0n) is 37.3. The predicted molar refractivity (Wildman–Crippen MR) is 280 cm³/mol. The first-order chi connectivity index (χ1) is 31.0. The fourth-order valence-corrected chi connectivity index (χ4v) is 11.6. The Balaban J connectivity index is 1.27. The molecule has 0 heterocycles. The van der Waals surface area contributed by atoms with Crippen molar-refractivity contribution in [3.63, 3.8) is 0 Å². The van der Waals surface area contributed by atoms with Gasteiger partial charge in [0.1, 0.15) is 0 Å². The summed E-state index contributed by atoms with van der Waals surface area (Å²) >= 11 is 0.